The molecule has 0 fully saturated rings. The van der Waals surface area contributed by atoms with Crippen molar-refractivity contribution in [2.24, 2.45) is 0 Å². The van der Waals surface area contributed by atoms with E-state index in [4.69, 9.17) is 4.74 Å². The predicted molar refractivity (Wildman–Crippen MR) is 112 cm³/mol. The quantitative estimate of drug-likeness (QED) is 0.669. The Hall–Kier alpha value is -3.11. The smallest absolute Gasteiger partial charge is 0.325 e. The van der Waals surface area contributed by atoms with E-state index in [1.54, 1.807) is 20.8 Å². The first kappa shape index (κ1) is 22.2. The fourth-order valence-corrected chi connectivity index (χ4v) is 2.96. The summed E-state index contributed by atoms with van der Waals surface area (Å²) in [7, 11) is 0. The topological polar surface area (TPSA) is 96.2 Å². The number of aromatic nitrogens is 1. The van der Waals surface area contributed by atoms with Gasteiger partial charge in [-0.2, -0.15) is 5.26 Å². The largest absolute Gasteiger partial charge is 0.465 e. The van der Waals surface area contributed by atoms with E-state index in [9.17, 15) is 14.9 Å². The van der Waals surface area contributed by atoms with Crippen molar-refractivity contribution < 1.29 is 14.3 Å². The third-order valence-corrected chi connectivity index (χ3v) is 4.86. The lowest BCUT2D eigenvalue weighted by Crippen LogP contribution is -2.50. The molecule has 2 rings (SSSR count). The molecule has 0 unspecified atom stereocenters. The van der Waals surface area contributed by atoms with Crippen molar-refractivity contribution in [3.8, 4) is 6.07 Å². The van der Waals surface area contributed by atoms with Crippen molar-refractivity contribution in [2.75, 3.05) is 18.5 Å². The van der Waals surface area contributed by atoms with Crippen LogP contribution in [0, 0.1) is 25.2 Å². The van der Waals surface area contributed by atoms with Gasteiger partial charge >= 0.3 is 5.97 Å². The molecule has 7 heteroatoms. The first-order valence-electron chi connectivity index (χ1n) is 9.57. The Morgan fingerprint density at radius 2 is 1.86 bits per heavy atom. The van der Waals surface area contributed by atoms with Crippen molar-refractivity contribution in [2.45, 2.75) is 46.7 Å². The van der Waals surface area contributed by atoms with Crippen molar-refractivity contribution in [3.63, 3.8) is 0 Å². The summed E-state index contributed by atoms with van der Waals surface area (Å²) in [5, 5.41) is 15.4. The monoisotopic (exact) mass is 396 g/mol. The number of amides is 1. The number of hydrogen-bond donors (Lipinski definition) is 2. The second-order valence-electron chi connectivity index (χ2n) is 7.36. The number of nitrogens with zero attached hydrogens (tertiary/aromatic N) is 2. The van der Waals surface area contributed by atoms with Crippen LogP contribution < -0.4 is 10.6 Å². The number of rotatable bonds is 8. The van der Waals surface area contributed by atoms with Crippen LogP contribution in [-0.4, -0.2) is 35.1 Å². The number of esters is 1. The van der Waals surface area contributed by atoms with Gasteiger partial charge in [0.25, 0.3) is 0 Å². The van der Waals surface area contributed by atoms with Gasteiger partial charge < -0.3 is 14.6 Å². The zero-order chi connectivity index (χ0) is 21.6. The van der Waals surface area contributed by atoms with Crippen LogP contribution in [0.4, 0.5) is 5.82 Å². The fourth-order valence-electron chi connectivity index (χ4n) is 2.96. The van der Waals surface area contributed by atoms with Gasteiger partial charge in [-0.25, -0.2) is 0 Å². The van der Waals surface area contributed by atoms with Gasteiger partial charge in [0.1, 0.15) is 17.4 Å². The highest BCUT2D eigenvalue weighted by molar-refractivity contribution is 5.94. The maximum Gasteiger partial charge on any atom is 0.325 e. The summed E-state index contributed by atoms with van der Waals surface area (Å²) in [6, 6.07) is 12.0. The zero-order valence-electron chi connectivity index (χ0n) is 17.6. The molecule has 0 saturated carbocycles. The molecule has 1 aromatic heterocycles. The number of hydrogen-bond acceptors (Lipinski definition) is 5. The highest BCUT2D eigenvalue weighted by Crippen LogP contribution is 2.27. The van der Waals surface area contributed by atoms with Crippen molar-refractivity contribution >= 4 is 17.7 Å². The lowest BCUT2D eigenvalue weighted by molar-refractivity contribution is -0.149. The van der Waals surface area contributed by atoms with E-state index in [0.717, 1.165) is 16.8 Å². The second-order valence-corrected chi connectivity index (χ2v) is 7.36. The molecule has 1 heterocycles. The molecule has 0 aliphatic carbocycles. The van der Waals surface area contributed by atoms with Gasteiger partial charge in [0.05, 0.1) is 18.7 Å². The Kier molecular flexibility index (Phi) is 7.18. The first-order valence-corrected chi connectivity index (χ1v) is 9.57. The molecule has 1 aromatic carbocycles. The number of ether oxygens (including phenoxy) is 1. The lowest BCUT2D eigenvalue weighted by Gasteiger charge is -2.23. The molecule has 0 atom stereocenters. The van der Waals surface area contributed by atoms with Gasteiger partial charge in [0, 0.05) is 12.2 Å². The molecule has 2 N–H and O–H groups in total. The predicted octanol–water partition coefficient (Wildman–Crippen LogP) is 2.89. The van der Waals surface area contributed by atoms with Crippen molar-refractivity contribution in [1.82, 2.24) is 9.88 Å². The van der Waals surface area contributed by atoms with Gasteiger partial charge in [-0.05, 0) is 45.7 Å². The van der Waals surface area contributed by atoms with Crippen LogP contribution in [0.2, 0.25) is 0 Å². The minimum absolute atomic E-state index is 0.0920. The zero-order valence-corrected chi connectivity index (χ0v) is 17.6. The third-order valence-electron chi connectivity index (χ3n) is 4.86. The average molecular weight is 396 g/mol. The molecule has 0 radical (unpaired) electrons. The van der Waals surface area contributed by atoms with Crippen molar-refractivity contribution in [1.29, 1.82) is 5.26 Å². The number of nitriles is 1. The van der Waals surface area contributed by atoms with Crippen LogP contribution in [0.15, 0.2) is 30.3 Å². The molecule has 0 aliphatic rings. The van der Waals surface area contributed by atoms with E-state index >= 15 is 0 Å². The Bertz CT molecular complexity index is 924. The summed E-state index contributed by atoms with van der Waals surface area (Å²) in [6.45, 7) is 9.56. The molecular formula is C22H28N4O3. The molecule has 2 aromatic rings. The summed E-state index contributed by atoms with van der Waals surface area (Å²) in [4.78, 5) is 24.6. The van der Waals surface area contributed by atoms with Gasteiger partial charge in [0.15, 0.2) is 0 Å². The number of anilines is 1. The van der Waals surface area contributed by atoms with Gasteiger partial charge in [-0.15, -0.1) is 0 Å². The van der Waals surface area contributed by atoms with Gasteiger partial charge in [-0.3, -0.25) is 14.9 Å². The standard InChI is InChI=1S/C22H28N4O3/c1-6-29-21(28)22(4,5)24-13-19(27)25-20-18(12-23)15(2)16(3)26(20)14-17-10-8-7-9-11-17/h7-11,24H,6,13-14H2,1-5H3,(H,25,27). The Morgan fingerprint density at radius 1 is 1.21 bits per heavy atom. The minimum atomic E-state index is -0.997. The minimum Gasteiger partial charge on any atom is -0.465 e. The van der Waals surface area contributed by atoms with Gasteiger partial charge in [0.2, 0.25) is 5.91 Å². The first-order chi connectivity index (χ1) is 13.7. The molecular weight excluding hydrogens is 368 g/mol. The van der Waals surface area contributed by atoms with Crippen LogP contribution in [0.3, 0.4) is 0 Å². The summed E-state index contributed by atoms with van der Waals surface area (Å²) in [5.41, 5.74) is 2.26. The van der Waals surface area contributed by atoms with E-state index in [2.05, 4.69) is 16.7 Å². The lowest BCUT2D eigenvalue weighted by atomic mass is 10.1. The van der Waals surface area contributed by atoms with Crippen LogP contribution in [0.5, 0.6) is 0 Å². The fraction of sp³-hybridized carbons (Fsp3) is 0.409. The number of nitrogens with one attached hydrogen (secondary N) is 2. The summed E-state index contributed by atoms with van der Waals surface area (Å²) >= 11 is 0. The van der Waals surface area contributed by atoms with Gasteiger partial charge in [-0.1, -0.05) is 30.3 Å². The summed E-state index contributed by atoms with van der Waals surface area (Å²) < 4.78 is 6.95. The number of carbonyl (C=O) groups is 2. The summed E-state index contributed by atoms with van der Waals surface area (Å²) in [6.07, 6.45) is 0. The Balaban J connectivity index is 2.21. The number of benzene rings is 1. The molecule has 7 nitrogen and oxygen atoms in total. The maximum atomic E-state index is 12.6. The molecule has 29 heavy (non-hydrogen) atoms. The molecule has 1 amide bonds. The van der Waals surface area contributed by atoms with E-state index in [-0.39, 0.29) is 19.1 Å². The van der Waals surface area contributed by atoms with Crippen LogP contribution in [0.25, 0.3) is 0 Å². The Morgan fingerprint density at radius 3 is 2.45 bits per heavy atom. The van der Waals surface area contributed by atoms with E-state index in [1.165, 1.54) is 0 Å². The van der Waals surface area contributed by atoms with Crippen LogP contribution in [-0.2, 0) is 20.9 Å². The highest BCUT2D eigenvalue weighted by Gasteiger charge is 2.29. The second kappa shape index (κ2) is 9.39. The summed E-state index contributed by atoms with van der Waals surface area (Å²) in [5.74, 6) is -0.303. The maximum absolute atomic E-state index is 12.6. The molecule has 0 bridgehead atoms. The van der Waals surface area contributed by atoms with E-state index in [0.29, 0.717) is 17.9 Å². The molecule has 0 saturated heterocycles. The molecule has 154 valence electrons. The molecule has 0 spiro atoms. The normalized spacial score (nSPS) is 11.0. The van der Waals surface area contributed by atoms with E-state index in [1.807, 2.05) is 48.7 Å². The van der Waals surface area contributed by atoms with Crippen LogP contribution in [0.1, 0.15) is 43.2 Å². The third kappa shape index (κ3) is 5.24. The SMILES string of the molecule is CCOC(=O)C(C)(C)NCC(=O)Nc1c(C#N)c(C)c(C)n1Cc1ccccc1. The number of carbonyl (C=O) groups excluding carboxylic acids is 2. The van der Waals surface area contributed by atoms with E-state index < -0.39 is 11.5 Å². The highest BCUT2D eigenvalue weighted by atomic mass is 16.5. The average Bonchev–Trinajstić information content (AvgIpc) is 2.91. The van der Waals surface area contributed by atoms with Crippen molar-refractivity contribution in [3.05, 3.63) is 52.7 Å². The molecule has 0 aliphatic heterocycles. The van der Waals surface area contributed by atoms with Crippen LogP contribution >= 0.6 is 0 Å². The Labute approximate surface area is 171 Å².